The minimum Gasteiger partial charge on any atom is -0.381 e. The number of halogens is 1. The van der Waals surface area contributed by atoms with E-state index in [-0.39, 0.29) is 6.10 Å². The predicted octanol–water partition coefficient (Wildman–Crippen LogP) is 1.24. The maximum atomic E-state index is 5.58. The molecule has 1 aromatic heterocycles. The number of hydrogen-bond donors (Lipinski definition) is 2. The van der Waals surface area contributed by atoms with Crippen LogP contribution >= 0.6 is 15.9 Å². The topological polar surface area (TPSA) is 46.2 Å². The molecule has 1 aliphatic rings. The van der Waals surface area contributed by atoms with Gasteiger partial charge in [0.25, 0.3) is 0 Å². The van der Waals surface area contributed by atoms with Gasteiger partial charge in [-0.2, -0.15) is 0 Å². The summed E-state index contributed by atoms with van der Waals surface area (Å²) in [6.45, 7) is 3.48. The van der Waals surface area contributed by atoms with E-state index in [1.165, 1.54) is 0 Å². The highest BCUT2D eigenvalue weighted by atomic mass is 79.9. The van der Waals surface area contributed by atoms with Gasteiger partial charge in [-0.15, -0.1) is 0 Å². The summed E-state index contributed by atoms with van der Waals surface area (Å²) in [5, 5.41) is 6.63. The maximum absolute atomic E-state index is 5.58. The minimum atomic E-state index is 0.249. The molecule has 1 saturated heterocycles. The van der Waals surface area contributed by atoms with Crippen LogP contribution in [0, 0.1) is 0 Å². The molecule has 0 amide bonds. The van der Waals surface area contributed by atoms with Crippen molar-refractivity contribution in [2.24, 2.45) is 0 Å². The Morgan fingerprint density at radius 1 is 1.67 bits per heavy atom. The molecule has 0 aliphatic carbocycles. The van der Waals surface area contributed by atoms with Crippen LogP contribution in [0.5, 0.6) is 0 Å². The van der Waals surface area contributed by atoms with Crippen molar-refractivity contribution in [3.8, 4) is 0 Å². The molecule has 82 valence electrons. The summed E-state index contributed by atoms with van der Waals surface area (Å²) >= 11 is 3.44. The Morgan fingerprint density at radius 3 is 3.33 bits per heavy atom. The van der Waals surface area contributed by atoms with Crippen LogP contribution in [0.25, 0.3) is 0 Å². The van der Waals surface area contributed by atoms with E-state index in [2.05, 4.69) is 31.5 Å². The summed E-state index contributed by atoms with van der Waals surface area (Å²) in [6.07, 6.45) is 3.80. The number of anilines is 1. The zero-order valence-electron chi connectivity index (χ0n) is 8.37. The molecule has 0 saturated carbocycles. The SMILES string of the molecule is Brc1cnccc1NCC1CNCCO1. The minimum absolute atomic E-state index is 0.249. The number of nitrogens with zero attached hydrogens (tertiary/aromatic N) is 1. The van der Waals surface area contributed by atoms with Gasteiger partial charge in [-0.3, -0.25) is 4.98 Å². The molecule has 2 heterocycles. The molecule has 4 nitrogen and oxygen atoms in total. The van der Waals surface area contributed by atoms with Gasteiger partial charge in [-0.1, -0.05) is 0 Å². The van der Waals surface area contributed by atoms with E-state index in [4.69, 9.17) is 4.74 Å². The summed E-state index contributed by atoms with van der Waals surface area (Å²) in [7, 11) is 0. The highest BCUT2D eigenvalue weighted by Crippen LogP contribution is 2.19. The zero-order valence-corrected chi connectivity index (χ0v) is 9.96. The monoisotopic (exact) mass is 271 g/mol. The van der Waals surface area contributed by atoms with Crippen molar-refractivity contribution >= 4 is 21.6 Å². The summed E-state index contributed by atoms with van der Waals surface area (Å²) < 4.78 is 6.56. The lowest BCUT2D eigenvalue weighted by atomic mass is 10.3. The third kappa shape index (κ3) is 3.15. The molecule has 2 rings (SSSR count). The van der Waals surface area contributed by atoms with Crippen LogP contribution in [0.15, 0.2) is 22.9 Å². The van der Waals surface area contributed by atoms with Crippen molar-refractivity contribution in [1.82, 2.24) is 10.3 Å². The first-order chi connectivity index (χ1) is 7.36. The second-order valence-corrected chi connectivity index (χ2v) is 4.29. The number of pyridine rings is 1. The lowest BCUT2D eigenvalue weighted by Gasteiger charge is -2.24. The molecule has 0 aromatic carbocycles. The average molecular weight is 272 g/mol. The Morgan fingerprint density at radius 2 is 2.60 bits per heavy atom. The van der Waals surface area contributed by atoms with E-state index in [0.717, 1.165) is 36.4 Å². The maximum Gasteiger partial charge on any atom is 0.0872 e. The lowest BCUT2D eigenvalue weighted by molar-refractivity contribution is 0.0372. The number of aromatic nitrogens is 1. The molecule has 0 radical (unpaired) electrons. The Kier molecular flexibility index (Phi) is 3.94. The average Bonchev–Trinajstić information content (AvgIpc) is 2.29. The largest absolute Gasteiger partial charge is 0.381 e. The fraction of sp³-hybridized carbons (Fsp3) is 0.500. The Hall–Kier alpha value is -0.650. The molecular weight excluding hydrogens is 258 g/mol. The Bertz CT molecular complexity index is 315. The number of morpholine rings is 1. The predicted molar refractivity (Wildman–Crippen MR) is 63.0 cm³/mol. The third-order valence-corrected chi connectivity index (χ3v) is 2.93. The van der Waals surface area contributed by atoms with E-state index in [1.54, 1.807) is 12.4 Å². The van der Waals surface area contributed by atoms with Crippen LogP contribution < -0.4 is 10.6 Å². The molecule has 1 fully saturated rings. The van der Waals surface area contributed by atoms with Crippen molar-refractivity contribution in [2.45, 2.75) is 6.10 Å². The number of rotatable bonds is 3. The van der Waals surface area contributed by atoms with E-state index in [0.29, 0.717) is 0 Å². The van der Waals surface area contributed by atoms with Gasteiger partial charge < -0.3 is 15.4 Å². The molecule has 5 heteroatoms. The van der Waals surface area contributed by atoms with E-state index in [1.807, 2.05) is 6.07 Å². The first-order valence-corrected chi connectivity index (χ1v) is 5.81. The normalized spacial score (nSPS) is 21.3. The second-order valence-electron chi connectivity index (χ2n) is 3.43. The molecule has 1 aromatic rings. The molecular formula is C10H14BrN3O. The van der Waals surface area contributed by atoms with Crippen LogP contribution in [0.4, 0.5) is 5.69 Å². The fourth-order valence-corrected chi connectivity index (χ4v) is 1.88. The highest BCUT2D eigenvalue weighted by molar-refractivity contribution is 9.10. The van der Waals surface area contributed by atoms with Crippen LogP contribution in [0.1, 0.15) is 0 Å². The van der Waals surface area contributed by atoms with Crippen molar-refractivity contribution in [3.63, 3.8) is 0 Å². The summed E-state index contributed by atoms with van der Waals surface area (Å²) in [4.78, 5) is 4.01. The summed E-state index contributed by atoms with van der Waals surface area (Å²) in [5.74, 6) is 0. The second kappa shape index (κ2) is 5.44. The molecule has 1 atom stereocenters. The van der Waals surface area contributed by atoms with Gasteiger partial charge in [0.1, 0.15) is 0 Å². The number of nitrogens with one attached hydrogen (secondary N) is 2. The van der Waals surface area contributed by atoms with Gasteiger partial charge >= 0.3 is 0 Å². The van der Waals surface area contributed by atoms with Crippen molar-refractivity contribution < 1.29 is 4.74 Å². The molecule has 1 aliphatic heterocycles. The van der Waals surface area contributed by atoms with Crippen molar-refractivity contribution in [1.29, 1.82) is 0 Å². The smallest absolute Gasteiger partial charge is 0.0872 e. The first kappa shape index (κ1) is 10.9. The molecule has 1 unspecified atom stereocenters. The molecule has 15 heavy (non-hydrogen) atoms. The van der Waals surface area contributed by atoms with Gasteiger partial charge in [0.2, 0.25) is 0 Å². The Labute approximate surface area is 97.6 Å². The molecule has 0 spiro atoms. The zero-order chi connectivity index (χ0) is 10.5. The summed E-state index contributed by atoms with van der Waals surface area (Å²) in [6, 6.07) is 1.94. The van der Waals surface area contributed by atoms with Gasteiger partial charge in [0, 0.05) is 32.0 Å². The van der Waals surface area contributed by atoms with Gasteiger partial charge in [0.15, 0.2) is 0 Å². The van der Waals surface area contributed by atoms with Gasteiger partial charge in [-0.05, 0) is 22.0 Å². The number of ether oxygens (including phenoxy) is 1. The fourth-order valence-electron chi connectivity index (χ4n) is 1.49. The van der Waals surface area contributed by atoms with E-state index < -0.39 is 0 Å². The van der Waals surface area contributed by atoms with Crippen LogP contribution in [-0.4, -0.2) is 37.3 Å². The van der Waals surface area contributed by atoms with Crippen LogP contribution in [0.2, 0.25) is 0 Å². The van der Waals surface area contributed by atoms with E-state index in [9.17, 15) is 0 Å². The summed E-state index contributed by atoms with van der Waals surface area (Å²) in [5.41, 5.74) is 1.05. The van der Waals surface area contributed by atoms with Crippen LogP contribution in [-0.2, 0) is 4.74 Å². The van der Waals surface area contributed by atoms with Crippen molar-refractivity contribution in [2.75, 3.05) is 31.6 Å². The molecule has 2 N–H and O–H groups in total. The van der Waals surface area contributed by atoms with E-state index >= 15 is 0 Å². The van der Waals surface area contributed by atoms with Crippen molar-refractivity contribution in [3.05, 3.63) is 22.9 Å². The first-order valence-electron chi connectivity index (χ1n) is 5.02. The lowest BCUT2D eigenvalue weighted by Crippen LogP contribution is -2.42. The van der Waals surface area contributed by atoms with Gasteiger partial charge in [0.05, 0.1) is 22.9 Å². The third-order valence-electron chi connectivity index (χ3n) is 2.30. The highest BCUT2D eigenvalue weighted by Gasteiger charge is 2.12. The molecule has 0 bridgehead atoms. The Balaban J connectivity index is 1.84. The standard InChI is InChI=1S/C10H14BrN3O/c11-9-7-12-2-1-10(9)14-6-8-5-13-3-4-15-8/h1-2,7-8,13H,3-6H2,(H,12,14). The quantitative estimate of drug-likeness (QED) is 0.869. The van der Waals surface area contributed by atoms with Crippen LogP contribution in [0.3, 0.4) is 0 Å². The van der Waals surface area contributed by atoms with Gasteiger partial charge in [-0.25, -0.2) is 0 Å². The number of hydrogen-bond acceptors (Lipinski definition) is 4.